The number of anilines is 3. The lowest BCUT2D eigenvalue weighted by Gasteiger charge is -2.26. The van der Waals surface area contributed by atoms with Crippen LogP contribution in [0.15, 0.2) is 224 Å². The topological polar surface area (TPSA) is 3.24 Å². The Morgan fingerprint density at radius 1 is 0.259 bits per heavy atom. The first-order valence-electron chi connectivity index (χ1n) is 19.8. The summed E-state index contributed by atoms with van der Waals surface area (Å²) in [6.07, 6.45) is 0. The Balaban J connectivity index is 0.975. The first kappa shape index (κ1) is 34.0. The van der Waals surface area contributed by atoms with Gasteiger partial charge in [0.15, 0.2) is 0 Å². The standard InChI is InChI=1S/C56H37NS/c1-3-13-39(14-4-1)48-33-27-41(35-53(48)43-28-34-56-54(37-43)51-21-11-12-22-55(51)58-56)38-23-29-45(30-24-38)57(44-16-5-2-6-17-44)46-31-25-40(26-32-46)52-36-42-15-7-8-18-47(42)49-19-9-10-20-50(49)52/h1-37H. The number of para-hydroxylation sites is 1. The highest BCUT2D eigenvalue weighted by Gasteiger charge is 2.16. The second-order valence-electron chi connectivity index (χ2n) is 14.9. The molecule has 0 saturated heterocycles. The van der Waals surface area contributed by atoms with Crippen molar-refractivity contribution >= 4 is 70.1 Å². The highest BCUT2D eigenvalue weighted by molar-refractivity contribution is 7.25. The van der Waals surface area contributed by atoms with Crippen LogP contribution in [-0.2, 0) is 0 Å². The van der Waals surface area contributed by atoms with Crippen molar-refractivity contribution in [2.45, 2.75) is 0 Å². The molecule has 0 unspecified atom stereocenters. The Bertz CT molecular complexity index is 3250. The Morgan fingerprint density at radius 2 is 0.793 bits per heavy atom. The maximum atomic E-state index is 2.38. The van der Waals surface area contributed by atoms with E-state index < -0.39 is 0 Å². The second kappa shape index (κ2) is 14.4. The van der Waals surface area contributed by atoms with Gasteiger partial charge in [0.05, 0.1) is 0 Å². The molecule has 272 valence electrons. The summed E-state index contributed by atoms with van der Waals surface area (Å²) >= 11 is 1.86. The van der Waals surface area contributed by atoms with E-state index in [2.05, 4.69) is 229 Å². The number of nitrogens with zero attached hydrogens (tertiary/aromatic N) is 1. The number of rotatable bonds is 7. The maximum Gasteiger partial charge on any atom is 0.0462 e. The van der Waals surface area contributed by atoms with Crippen LogP contribution in [0.5, 0.6) is 0 Å². The van der Waals surface area contributed by atoms with E-state index in [9.17, 15) is 0 Å². The van der Waals surface area contributed by atoms with Crippen molar-refractivity contribution in [2.24, 2.45) is 0 Å². The fourth-order valence-electron chi connectivity index (χ4n) is 8.64. The van der Waals surface area contributed by atoms with Gasteiger partial charge in [-0.15, -0.1) is 11.3 Å². The number of fused-ring (bicyclic) bond motifs is 6. The summed E-state index contributed by atoms with van der Waals surface area (Å²) in [5, 5.41) is 7.72. The average molecular weight is 756 g/mol. The Kier molecular flexibility index (Phi) is 8.42. The zero-order valence-corrected chi connectivity index (χ0v) is 32.5. The van der Waals surface area contributed by atoms with E-state index >= 15 is 0 Å². The smallest absolute Gasteiger partial charge is 0.0462 e. The molecular weight excluding hydrogens is 719 g/mol. The van der Waals surface area contributed by atoms with Gasteiger partial charge in [-0.05, 0) is 133 Å². The van der Waals surface area contributed by atoms with Crippen LogP contribution < -0.4 is 4.90 Å². The van der Waals surface area contributed by atoms with Crippen LogP contribution in [0.1, 0.15) is 0 Å². The minimum Gasteiger partial charge on any atom is -0.311 e. The van der Waals surface area contributed by atoms with Crippen LogP contribution >= 0.6 is 11.3 Å². The van der Waals surface area contributed by atoms with Gasteiger partial charge in [-0.3, -0.25) is 0 Å². The third-order valence-electron chi connectivity index (χ3n) is 11.5. The summed E-state index contributed by atoms with van der Waals surface area (Å²) in [4.78, 5) is 2.34. The van der Waals surface area contributed by atoms with Gasteiger partial charge in [0.1, 0.15) is 0 Å². The molecule has 0 atom stereocenters. The van der Waals surface area contributed by atoms with E-state index in [1.54, 1.807) is 0 Å². The fourth-order valence-corrected chi connectivity index (χ4v) is 9.72. The number of hydrogen-bond acceptors (Lipinski definition) is 2. The number of benzene rings is 10. The van der Waals surface area contributed by atoms with E-state index in [0.29, 0.717) is 0 Å². The molecule has 1 aromatic heterocycles. The van der Waals surface area contributed by atoms with Gasteiger partial charge < -0.3 is 4.90 Å². The van der Waals surface area contributed by atoms with E-state index in [1.807, 2.05) is 11.3 Å². The van der Waals surface area contributed by atoms with Crippen LogP contribution in [0.3, 0.4) is 0 Å². The molecule has 10 aromatic carbocycles. The molecule has 0 aliphatic heterocycles. The monoisotopic (exact) mass is 755 g/mol. The summed E-state index contributed by atoms with van der Waals surface area (Å²) in [7, 11) is 0. The van der Waals surface area contributed by atoms with E-state index in [4.69, 9.17) is 0 Å². The van der Waals surface area contributed by atoms with Gasteiger partial charge in [-0.25, -0.2) is 0 Å². The summed E-state index contributed by atoms with van der Waals surface area (Å²) in [5.41, 5.74) is 13.1. The van der Waals surface area contributed by atoms with Crippen LogP contribution in [0.25, 0.3) is 86.2 Å². The van der Waals surface area contributed by atoms with Crippen molar-refractivity contribution in [3.8, 4) is 44.5 Å². The summed E-state index contributed by atoms with van der Waals surface area (Å²) < 4.78 is 2.64. The number of thiophene rings is 1. The molecule has 0 aliphatic rings. The van der Waals surface area contributed by atoms with Crippen molar-refractivity contribution in [3.05, 3.63) is 224 Å². The Labute approximate surface area is 342 Å². The van der Waals surface area contributed by atoms with E-state index in [1.165, 1.54) is 86.2 Å². The van der Waals surface area contributed by atoms with Gasteiger partial charge in [-0.2, -0.15) is 0 Å². The molecule has 0 N–H and O–H groups in total. The third-order valence-corrected chi connectivity index (χ3v) is 12.6. The lowest BCUT2D eigenvalue weighted by atomic mass is 9.90. The molecule has 2 heteroatoms. The predicted molar refractivity (Wildman–Crippen MR) is 251 cm³/mol. The van der Waals surface area contributed by atoms with Crippen LogP contribution in [0, 0.1) is 0 Å². The third kappa shape index (κ3) is 6.03. The molecule has 58 heavy (non-hydrogen) atoms. The van der Waals surface area contributed by atoms with Crippen LogP contribution in [0.4, 0.5) is 17.1 Å². The molecule has 1 heterocycles. The molecule has 11 aromatic rings. The van der Waals surface area contributed by atoms with Gasteiger partial charge in [0.2, 0.25) is 0 Å². The van der Waals surface area contributed by atoms with E-state index in [0.717, 1.165) is 17.1 Å². The first-order chi connectivity index (χ1) is 28.7. The molecule has 0 fully saturated rings. The van der Waals surface area contributed by atoms with Crippen molar-refractivity contribution < 1.29 is 0 Å². The Hall–Kier alpha value is -7.26. The molecule has 11 rings (SSSR count). The molecule has 0 spiro atoms. The first-order valence-corrected chi connectivity index (χ1v) is 20.6. The lowest BCUT2D eigenvalue weighted by Crippen LogP contribution is -2.09. The van der Waals surface area contributed by atoms with Crippen molar-refractivity contribution in [1.29, 1.82) is 0 Å². The molecule has 1 nitrogen and oxygen atoms in total. The van der Waals surface area contributed by atoms with Crippen molar-refractivity contribution in [1.82, 2.24) is 0 Å². The van der Waals surface area contributed by atoms with Crippen LogP contribution in [-0.4, -0.2) is 0 Å². The summed E-state index contributed by atoms with van der Waals surface area (Å²) in [5.74, 6) is 0. The van der Waals surface area contributed by atoms with E-state index in [-0.39, 0.29) is 0 Å². The zero-order chi connectivity index (χ0) is 38.4. The summed E-state index contributed by atoms with van der Waals surface area (Å²) in [6.45, 7) is 0. The molecule has 0 aliphatic carbocycles. The van der Waals surface area contributed by atoms with Gasteiger partial charge in [0, 0.05) is 37.2 Å². The average Bonchev–Trinajstić information content (AvgIpc) is 3.68. The molecular formula is C56H37NS. The van der Waals surface area contributed by atoms with Crippen molar-refractivity contribution in [3.63, 3.8) is 0 Å². The van der Waals surface area contributed by atoms with Crippen molar-refractivity contribution in [2.75, 3.05) is 4.90 Å². The van der Waals surface area contributed by atoms with Crippen LogP contribution in [0.2, 0.25) is 0 Å². The SMILES string of the molecule is c1ccc(-c2ccc(-c3ccc(N(c4ccccc4)c4ccc(-c5cc6ccccc6c6ccccc56)cc4)cc3)cc2-c2ccc3sc4ccccc4c3c2)cc1. The predicted octanol–water partition coefficient (Wildman–Crippen LogP) is 16.5. The van der Waals surface area contributed by atoms with Gasteiger partial charge in [-0.1, -0.05) is 158 Å². The maximum absolute atomic E-state index is 2.38. The number of hydrogen-bond donors (Lipinski definition) is 0. The quantitative estimate of drug-likeness (QED) is 0.146. The Morgan fingerprint density at radius 3 is 1.55 bits per heavy atom. The highest BCUT2D eigenvalue weighted by Crippen LogP contribution is 2.42. The lowest BCUT2D eigenvalue weighted by molar-refractivity contribution is 1.28. The normalized spacial score (nSPS) is 11.4. The second-order valence-corrected chi connectivity index (χ2v) is 16.0. The largest absolute Gasteiger partial charge is 0.311 e. The minimum absolute atomic E-state index is 1.11. The van der Waals surface area contributed by atoms with Gasteiger partial charge in [0.25, 0.3) is 0 Å². The highest BCUT2D eigenvalue weighted by atomic mass is 32.1. The van der Waals surface area contributed by atoms with Gasteiger partial charge >= 0.3 is 0 Å². The zero-order valence-electron chi connectivity index (χ0n) is 31.7. The fraction of sp³-hybridized carbons (Fsp3) is 0. The molecule has 0 saturated carbocycles. The molecule has 0 bridgehead atoms. The summed E-state index contributed by atoms with van der Waals surface area (Å²) in [6, 6.07) is 81.9. The molecule has 0 radical (unpaired) electrons. The molecule has 0 amide bonds. The minimum atomic E-state index is 1.11.